The first-order valence-electron chi connectivity index (χ1n) is 3.86. The smallest absolute Gasteiger partial charge is 0.235 e. The molecular weight excluding hydrogens is 156 g/mol. The van der Waals surface area contributed by atoms with Gasteiger partial charge in [0.15, 0.2) is 0 Å². The summed E-state index contributed by atoms with van der Waals surface area (Å²) in [6, 6.07) is 0. The van der Waals surface area contributed by atoms with Gasteiger partial charge in [-0.05, 0) is 6.92 Å². The van der Waals surface area contributed by atoms with Crippen LogP contribution in [0.15, 0.2) is 6.20 Å². The van der Waals surface area contributed by atoms with E-state index in [1.807, 2.05) is 20.2 Å². The monoisotopic (exact) mass is 170 g/mol. The summed E-state index contributed by atoms with van der Waals surface area (Å²) in [5, 5.41) is 4.12. The van der Waals surface area contributed by atoms with Crippen LogP contribution in [0.25, 0.3) is 0 Å². The second kappa shape index (κ2) is 4.11. The van der Waals surface area contributed by atoms with Gasteiger partial charge in [0.1, 0.15) is 6.61 Å². The average Bonchev–Trinajstić information content (AvgIpc) is 2.31. The van der Waals surface area contributed by atoms with Gasteiger partial charge in [0.05, 0.1) is 6.61 Å². The van der Waals surface area contributed by atoms with Gasteiger partial charge in [0.2, 0.25) is 5.88 Å². The molecule has 4 nitrogen and oxygen atoms in total. The zero-order chi connectivity index (χ0) is 8.97. The molecule has 1 aromatic rings. The van der Waals surface area contributed by atoms with E-state index in [1.165, 1.54) is 0 Å². The maximum atomic E-state index is 5.34. The normalized spacial score (nSPS) is 10.2. The molecule has 0 radical (unpaired) electrons. The van der Waals surface area contributed by atoms with E-state index in [4.69, 9.17) is 9.47 Å². The van der Waals surface area contributed by atoms with Crippen LogP contribution in [-0.4, -0.2) is 30.1 Å². The summed E-state index contributed by atoms with van der Waals surface area (Å²) in [6.07, 6.45) is 1.92. The molecule has 0 fully saturated rings. The SMILES string of the molecule is COCCOc1nn(C)cc1C. The summed E-state index contributed by atoms with van der Waals surface area (Å²) in [7, 11) is 3.52. The Morgan fingerprint density at radius 2 is 2.25 bits per heavy atom. The van der Waals surface area contributed by atoms with Crippen molar-refractivity contribution in [3.05, 3.63) is 11.8 Å². The summed E-state index contributed by atoms with van der Waals surface area (Å²) in [5.74, 6) is 0.689. The average molecular weight is 170 g/mol. The minimum absolute atomic E-state index is 0.550. The Hall–Kier alpha value is -1.03. The van der Waals surface area contributed by atoms with Crippen molar-refractivity contribution in [2.45, 2.75) is 6.92 Å². The molecule has 0 saturated heterocycles. The van der Waals surface area contributed by atoms with Gasteiger partial charge < -0.3 is 9.47 Å². The molecule has 0 amide bonds. The van der Waals surface area contributed by atoms with Gasteiger partial charge in [-0.15, -0.1) is 5.10 Å². The van der Waals surface area contributed by atoms with E-state index in [2.05, 4.69) is 5.10 Å². The first-order valence-corrected chi connectivity index (χ1v) is 3.86. The molecule has 1 rings (SSSR count). The van der Waals surface area contributed by atoms with Gasteiger partial charge in [-0.2, -0.15) is 0 Å². The first-order chi connectivity index (χ1) is 5.74. The molecule has 0 atom stereocenters. The summed E-state index contributed by atoms with van der Waals surface area (Å²) < 4.78 is 11.9. The largest absolute Gasteiger partial charge is 0.474 e. The Labute approximate surface area is 72.1 Å². The van der Waals surface area contributed by atoms with Crippen LogP contribution in [0.2, 0.25) is 0 Å². The standard InChI is InChI=1S/C8H14N2O2/c1-7-6-10(2)9-8(7)12-5-4-11-3/h6H,4-5H2,1-3H3. The molecular formula is C8H14N2O2. The van der Waals surface area contributed by atoms with Crippen LogP contribution in [0, 0.1) is 6.92 Å². The molecule has 4 heteroatoms. The van der Waals surface area contributed by atoms with E-state index in [1.54, 1.807) is 11.8 Å². The summed E-state index contributed by atoms with van der Waals surface area (Å²) in [5.41, 5.74) is 1.05. The van der Waals surface area contributed by atoms with Crippen molar-refractivity contribution in [2.75, 3.05) is 20.3 Å². The molecule has 0 N–H and O–H groups in total. The minimum Gasteiger partial charge on any atom is -0.474 e. The zero-order valence-electron chi connectivity index (χ0n) is 7.70. The number of aromatic nitrogens is 2. The Kier molecular flexibility index (Phi) is 3.10. The lowest BCUT2D eigenvalue weighted by Crippen LogP contribution is -2.05. The van der Waals surface area contributed by atoms with Crippen LogP contribution >= 0.6 is 0 Å². The van der Waals surface area contributed by atoms with E-state index in [-0.39, 0.29) is 0 Å². The quantitative estimate of drug-likeness (QED) is 0.626. The van der Waals surface area contributed by atoms with Gasteiger partial charge in [0.25, 0.3) is 0 Å². The maximum Gasteiger partial charge on any atom is 0.235 e. The van der Waals surface area contributed by atoms with Crippen LogP contribution in [0.1, 0.15) is 5.56 Å². The third-order valence-corrected chi connectivity index (χ3v) is 1.49. The van der Waals surface area contributed by atoms with Gasteiger partial charge in [0, 0.05) is 25.9 Å². The van der Waals surface area contributed by atoms with Crippen LogP contribution in [0.5, 0.6) is 5.88 Å². The number of hydrogen-bond acceptors (Lipinski definition) is 3. The summed E-state index contributed by atoms with van der Waals surface area (Å²) >= 11 is 0. The number of hydrogen-bond donors (Lipinski definition) is 0. The molecule has 0 aromatic carbocycles. The molecule has 12 heavy (non-hydrogen) atoms. The predicted molar refractivity (Wildman–Crippen MR) is 45.3 cm³/mol. The van der Waals surface area contributed by atoms with Crippen molar-refractivity contribution in [2.24, 2.45) is 7.05 Å². The van der Waals surface area contributed by atoms with Crippen molar-refractivity contribution in [3.8, 4) is 5.88 Å². The lowest BCUT2D eigenvalue weighted by molar-refractivity contribution is 0.143. The number of rotatable bonds is 4. The van der Waals surface area contributed by atoms with Crippen LogP contribution in [0.3, 0.4) is 0 Å². The number of nitrogens with zero attached hydrogens (tertiary/aromatic N) is 2. The lowest BCUT2D eigenvalue weighted by atomic mass is 10.4. The molecule has 0 unspecified atom stereocenters. The summed E-state index contributed by atoms with van der Waals surface area (Å²) in [4.78, 5) is 0. The first kappa shape index (κ1) is 9.06. The molecule has 0 spiro atoms. The number of methoxy groups -OCH3 is 1. The molecule has 0 saturated carbocycles. The van der Waals surface area contributed by atoms with Gasteiger partial charge >= 0.3 is 0 Å². The van der Waals surface area contributed by atoms with E-state index in [0.717, 1.165) is 5.56 Å². The highest BCUT2D eigenvalue weighted by atomic mass is 16.5. The van der Waals surface area contributed by atoms with Gasteiger partial charge in [-0.3, -0.25) is 4.68 Å². The molecule has 0 aliphatic carbocycles. The minimum atomic E-state index is 0.550. The highest BCUT2D eigenvalue weighted by Gasteiger charge is 2.02. The molecule has 0 aliphatic heterocycles. The predicted octanol–water partition coefficient (Wildman–Crippen LogP) is 0.754. The Balaban J connectivity index is 2.45. The summed E-state index contributed by atoms with van der Waals surface area (Å²) in [6.45, 7) is 3.11. The molecule has 0 bridgehead atoms. The third kappa shape index (κ3) is 2.23. The van der Waals surface area contributed by atoms with E-state index in [9.17, 15) is 0 Å². The molecule has 1 heterocycles. The highest BCUT2D eigenvalue weighted by Crippen LogP contribution is 2.12. The highest BCUT2D eigenvalue weighted by molar-refractivity contribution is 5.20. The van der Waals surface area contributed by atoms with Crippen LogP contribution < -0.4 is 4.74 Å². The Bertz CT molecular complexity index is 245. The van der Waals surface area contributed by atoms with Crippen molar-refractivity contribution in [3.63, 3.8) is 0 Å². The molecule has 1 aromatic heterocycles. The van der Waals surface area contributed by atoms with Crippen molar-refractivity contribution in [1.29, 1.82) is 0 Å². The van der Waals surface area contributed by atoms with Gasteiger partial charge in [-0.1, -0.05) is 0 Å². The van der Waals surface area contributed by atoms with Crippen molar-refractivity contribution < 1.29 is 9.47 Å². The fourth-order valence-electron chi connectivity index (χ4n) is 0.951. The van der Waals surface area contributed by atoms with Crippen molar-refractivity contribution in [1.82, 2.24) is 9.78 Å². The number of aryl methyl sites for hydroxylation is 2. The van der Waals surface area contributed by atoms with E-state index in [0.29, 0.717) is 19.1 Å². The number of ether oxygens (including phenoxy) is 2. The van der Waals surface area contributed by atoms with Crippen LogP contribution in [0.4, 0.5) is 0 Å². The molecule has 68 valence electrons. The second-order valence-corrected chi connectivity index (χ2v) is 2.63. The fourth-order valence-corrected chi connectivity index (χ4v) is 0.951. The maximum absolute atomic E-state index is 5.34. The van der Waals surface area contributed by atoms with E-state index >= 15 is 0 Å². The fraction of sp³-hybridized carbons (Fsp3) is 0.625. The second-order valence-electron chi connectivity index (χ2n) is 2.63. The molecule has 0 aliphatic rings. The van der Waals surface area contributed by atoms with Crippen molar-refractivity contribution >= 4 is 0 Å². The van der Waals surface area contributed by atoms with E-state index < -0.39 is 0 Å². The topological polar surface area (TPSA) is 36.3 Å². The third-order valence-electron chi connectivity index (χ3n) is 1.49. The zero-order valence-corrected chi connectivity index (χ0v) is 7.70. The van der Waals surface area contributed by atoms with Crippen LogP contribution in [-0.2, 0) is 11.8 Å². The Morgan fingerprint density at radius 1 is 1.50 bits per heavy atom. The lowest BCUT2D eigenvalue weighted by Gasteiger charge is -2.01. The van der Waals surface area contributed by atoms with Gasteiger partial charge in [-0.25, -0.2) is 0 Å². The Morgan fingerprint density at radius 3 is 2.75 bits per heavy atom.